The monoisotopic (exact) mass is 435 g/mol. The van der Waals surface area contributed by atoms with Gasteiger partial charge in [0, 0.05) is 53.5 Å². The van der Waals surface area contributed by atoms with Gasteiger partial charge >= 0.3 is 0 Å². The molecule has 2 aromatic carbocycles. The second-order valence-electron chi connectivity index (χ2n) is 9.80. The molecule has 0 unspecified atom stereocenters. The molecular weight excluding hydrogens is 404 g/mol. The van der Waals surface area contributed by atoms with E-state index in [1.54, 1.807) is 11.1 Å². The maximum Gasteiger partial charge on any atom is 0.210 e. The number of rotatable bonds is 1. The quantitative estimate of drug-likeness (QED) is 0.631. The van der Waals surface area contributed by atoms with E-state index in [2.05, 4.69) is 28.5 Å². The lowest BCUT2D eigenvalue weighted by Gasteiger charge is -2.39. The van der Waals surface area contributed by atoms with Gasteiger partial charge in [0.2, 0.25) is 5.36 Å². The SMILES string of the molecule is CCC1=c2cc3c4c(c2Oc2c1cc1c5c2CCCN5CCC1)CCC[N+]=4CCC3.Cl. The normalized spacial score (nSPS) is 20.1. The van der Waals surface area contributed by atoms with Crippen molar-refractivity contribution in [2.24, 2.45) is 0 Å². The molecule has 0 radical (unpaired) electrons. The second kappa shape index (κ2) is 7.27. The van der Waals surface area contributed by atoms with Crippen LogP contribution in [-0.4, -0.2) is 26.2 Å². The van der Waals surface area contributed by atoms with Crippen molar-refractivity contribution in [3.8, 4) is 11.5 Å². The number of ether oxygens (including phenoxy) is 1. The third kappa shape index (κ3) is 2.68. The first-order valence-corrected chi connectivity index (χ1v) is 12.2. The molecule has 5 aliphatic rings. The zero-order chi connectivity index (χ0) is 19.8. The summed E-state index contributed by atoms with van der Waals surface area (Å²) in [4.78, 5) is 2.64. The van der Waals surface area contributed by atoms with E-state index < -0.39 is 0 Å². The minimum atomic E-state index is 0. The van der Waals surface area contributed by atoms with E-state index in [0.29, 0.717) is 0 Å². The Morgan fingerprint density at radius 1 is 0.871 bits per heavy atom. The average molecular weight is 436 g/mol. The summed E-state index contributed by atoms with van der Waals surface area (Å²) in [6, 6.07) is 5.01. The Balaban J connectivity index is 0.00000185. The minimum absolute atomic E-state index is 0. The third-order valence-corrected chi connectivity index (χ3v) is 8.15. The smallest absolute Gasteiger partial charge is 0.210 e. The number of benzene rings is 2. The molecule has 0 spiro atoms. The van der Waals surface area contributed by atoms with Gasteiger partial charge < -0.3 is 9.64 Å². The standard InChI is InChI=1S/C27H31N2O.ClH/c1-2-19-22-15-17-7-3-11-28-13-5-9-20(24(17)28)26(22)30-27-21-10-6-14-29-12-4-8-18(25(21)29)16-23(19)27;/h15-16H,2-14H2,1H3;1H/q+1;. The van der Waals surface area contributed by atoms with Crippen LogP contribution in [-0.2, 0) is 25.7 Å². The lowest BCUT2D eigenvalue weighted by Crippen LogP contribution is -2.45. The van der Waals surface area contributed by atoms with E-state index in [-0.39, 0.29) is 12.4 Å². The molecule has 0 atom stereocenters. The molecule has 0 amide bonds. The van der Waals surface area contributed by atoms with Crippen molar-refractivity contribution >= 4 is 23.7 Å². The zero-order valence-electron chi connectivity index (χ0n) is 18.6. The Bertz CT molecular complexity index is 1220. The van der Waals surface area contributed by atoms with Crippen LogP contribution in [0.2, 0.25) is 0 Å². The van der Waals surface area contributed by atoms with E-state index >= 15 is 0 Å². The lowest BCUT2D eigenvalue weighted by atomic mass is 9.84. The van der Waals surface area contributed by atoms with Crippen LogP contribution in [0.4, 0.5) is 5.69 Å². The molecule has 0 aliphatic carbocycles. The van der Waals surface area contributed by atoms with Crippen molar-refractivity contribution in [1.29, 1.82) is 0 Å². The fraction of sp³-hybridized carbons (Fsp3) is 0.519. The van der Waals surface area contributed by atoms with Crippen LogP contribution >= 0.6 is 12.4 Å². The Kier molecular flexibility index (Phi) is 4.61. The van der Waals surface area contributed by atoms with Gasteiger partial charge in [0.05, 0.1) is 5.56 Å². The third-order valence-electron chi connectivity index (χ3n) is 8.15. The number of hydrogen-bond donors (Lipinski definition) is 0. The van der Waals surface area contributed by atoms with Gasteiger partial charge in [-0.3, -0.25) is 0 Å². The van der Waals surface area contributed by atoms with Gasteiger partial charge in [-0.1, -0.05) is 6.92 Å². The van der Waals surface area contributed by atoms with Crippen LogP contribution in [0.15, 0.2) is 12.1 Å². The van der Waals surface area contributed by atoms with Gasteiger partial charge in [-0.15, -0.1) is 12.4 Å². The van der Waals surface area contributed by atoms with Gasteiger partial charge in [0.25, 0.3) is 0 Å². The molecule has 162 valence electrons. The van der Waals surface area contributed by atoms with E-state index in [9.17, 15) is 0 Å². The van der Waals surface area contributed by atoms with Crippen molar-refractivity contribution in [1.82, 2.24) is 4.58 Å². The summed E-state index contributed by atoms with van der Waals surface area (Å²) in [5.41, 5.74) is 10.6. The number of fused-ring (bicyclic) bond motifs is 4. The molecule has 0 aromatic heterocycles. The first-order valence-electron chi connectivity index (χ1n) is 12.2. The predicted molar refractivity (Wildman–Crippen MR) is 129 cm³/mol. The summed E-state index contributed by atoms with van der Waals surface area (Å²) in [7, 11) is 0. The van der Waals surface area contributed by atoms with E-state index in [1.807, 2.05) is 0 Å². The molecule has 31 heavy (non-hydrogen) atoms. The minimum Gasteiger partial charge on any atom is -0.455 e. The number of aryl methyl sites for hydroxylation is 2. The highest BCUT2D eigenvalue weighted by Crippen LogP contribution is 2.47. The average Bonchev–Trinajstić information content (AvgIpc) is 2.79. The molecule has 0 bridgehead atoms. The van der Waals surface area contributed by atoms with Gasteiger partial charge in [-0.05, 0) is 68.2 Å². The molecule has 2 aromatic rings. The molecule has 5 heterocycles. The zero-order valence-corrected chi connectivity index (χ0v) is 19.4. The Morgan fingerprint density at radius 3 is 2.45 bits per heavy atom. The van der Waals surface area contributed by atoms with E-state index in [0.717, 1.165) is 6.42 Å². The number of anilines is 1. The number of hydrogen-bond acceptors (Lipinski definition) is 2. The Morgan fingerprint density at radius 2 is 1.61 bits per heavy atom. The summed E-state index contributed by atoms with van der Waals surface area (Å²) in [5.74, 6) is 2.41. The van der Waals surface area contributed by atoms with E-state index in [4.69, 9.17) is 4.74 Å². The predicted octanol–water partition coefficient (Wildman–Crippen LogP) is 3.91. The van der Waals surface area contributed by atoms with Crippen LogP contribution in [0.3, 0.4) is 0 Å². The second-order valence-corrected chi connectivity index (χ2v) is 9.80. The lowest BCUT2D eigenvalue weighted by molar-refractivity contribution is 0.431. The largest absolute Gasteiger partial charge is 0.455 e. The first-order chi connectivity index (χ1) is 14.8. The fourth-order valence-corrected chi connectivity index (χ4v) is 6.97. The molecular formula is C27H32ClN2O+. The highest BCUT2D eigenvalue weighted by molar-refractivity contribution is 5.85. The summed E-state index contributed by atoms with van der Waals surface area (Å²) in [5, 5.41) is 2.93. The van der Waals surface area contributed by atoms with Crippen LogP contribution in [0.25, 0.3) is 5.57 Å². The Labute approximate surface area is 190 Å². The van der Waals surface area contributed by atoms with Gasteiger partial charge in [-0.2, -0.15) is 0 Å². The summed E-state index contributed by atoms with van der Waals surface area (Å²) < 4.78 is 9.62. The molecule has 0 fully saturated rings. The van der Waals surface area contributed by atoms with Crippen LogP contribution in [0.5, 0.6) is 11.5 Å². The molecule has 0 saturated carbocycles. The van der Waals surface area contributed by atoms with Crippen LogP contribution < -0.4 is 24.8 Å². The molecule has 0 N–H and O–H groups in total. The van der Waals surface area contributed by atoms with Gasteiger partial charge in [0.15, 0.2) is 0 Å². The molecule has 3 nitrogen and oxygen atoms in total. The Hall–Kier alpha value is -2.00. The van der Waals surface area contributed by atoms with Gasteiger partial charge in [0.1, 0.15) is 24.6 Å². The number of nitrogens with zero attached hydrogens (tertiary/aromatic N) is 2. The molecule has 7 rings (SSSR count). The van der Waals surface area contributed by atoms with Crippen molar-refractivity contribution in [2.45, 2.75) is 64.7 Å². The summed E-state index contributed by atoms with van der Waals surface area (Å²) in [6.07, 6.45) is 10.9. The number of halogens is 1. The maximum absolute atomic E-state index is 6.98. The maximum atomic E-state index is 6.98. The summed E-state index contributed by atoms with van der Waals surface area (Å²) in [6.45, 7) is 7.20. The molecule has 4 heteroatoms. The van der Waals surface area contributed by atoms with Crippen molar-refractivity contribution < 1.29 is 4.74 Å². The van der Waals surface area contributed by atoms with Crippen LogP contribution in [0, 0.1) is 0 Å². The fourth-order valence-electron chi connectivity index (χ4n) is 6.97. The van der Waals surface area contributed by atoms with E-state index in [1.165, 1.54) is 128 Å². The summed E-state index contributed by atoms with van der Waals surface area (Å²) >= 11 is 0. The van der Waals surface area contributed by atoms with Crippen molar-refractivity contribution in [3.05, 3.63) is 50.5 Å². The first kappa shape index (κ1) is 19.7. The highest BCUT2D eigenvalue weighted by atomic mass is 35.5. The molecule has 0 saturated heterocycles. The van der Waals surface area contributed by atoms with Crippen molar-refractivity contribution in [2.75, 3.05) is 31.1 Å². The topological polar surface area (TPSA) is 15.5 Å². The molecule has 5 aliphatic heterocycles. The van der Waals surface area contributed by atoms with Crippen molar-refractivity contribution in [3.63, 3.8) is 0 Å². The van der Waals surface area contributed by atoms with Gasteiger partial charge in [-0.25, -0.2) is 4.58 Å². The highest BCUT2D eigenvalue weighted by Gasteiger charge is 2.34. The van der Waals surface area contributed by atoms with Crippen LogP contribution in [0.1, 0.15) is 66.8 Å².